The van der Waals surface area contributed by atoms with Crippen molar-refractivity contribution in [1.82, 2.24) is 0 Å². The number of aryl methyl sites for hydroxylation is 1. The van der Waals surface area contributed by atoms with Gasteiger partial charge in [0, 0.05) is 40.8 Å². The molecule has 0 spiro atoms. The Kier molecular flexibility index (Phi) is 7.22. The number of methoxy groups -OCH3 is 1. The Balaban J connectivity index is 0.00000264. The Morgan fingerprint density at radius 3 is 2.39 bits per heavy atom. The molecular formula is C17H17NNaO3S. The first-order valence-corrected chi connectivity index (χ1v) is 7.12. The van der Waals surface area contributed by atoms with Crippen LogP contribution in [0.15, 0.2) is 36.4 Å². The van der Waals surface area contributed by atoms with Gasteiger partial charge in [-0.3, -0.25) is 4.79 Å². The van der Waals surface area contributed by atoms with Gasteiger partial charge in [0.15, 0.2) is 0 Å². The van der Waals surface area contributed by atoms with E-state index in [2.05, 4.69) is 0 Å². The number of thiocarbonyl (C=S) groups is 1. The standard InChI is InChI=1S/C17H17NO3S.Na/c1-10-3-5-11(6-4-10)17(22)14-9-13(21-2)7-12(16(14)18)8-15(19)20;/h3-7,9H,8,18H2,1-2H3,(H,19,20);. The Hall–Kier alpha value is -1.40. The fourth-order valence-electron chi connectivity index (χ4n) is 2.16. The van der Waals surface area contributed by atoms with Crippen molar-refractivity contribution >= 4 is 58.3 Å². The van der Waals surface area contributed by atoms with Gasteiger partial charge in [0.1, 0.15) is 5.75 Å². The third-order valence-corrected chi connectivity index (χ3v) is 3.83. The summed E-state index contributed by atoms with van der Waals surface area (Å²) >= 11 is 5.52. The fraction of sp³-hybridized carbons (Fsp3) is 0.176. The van der Waals surface area contributed by atoms with Crippen molar-refractivity contribution in [3.63, 3.8) is 0 Å². The average molecular weight is 338 g/mol. The van der Waals surface area contributed by atoms with Gasteiger partial charge in [-0.2, -0.15) is 0 Å². The van der Waals surface area contributed by atoms with E-state index < -0.39 is 5.97 Å². The summed E-state index contributed by atoms with van der Waals surface area (Å²) in [7, 11) is 1.52. The third kappa shape index (κ3) is 4.78. The monoisotopic (exact) mass is 338 g/mol. The number of carboxylic acids is 1. The first kappa shape index (κ1) is 19.6. The number of benzene rings is 2. The zero-order valence-electron chi connectivity index (χ0n) is 13.4. The van der Waals surface area contributed by atoms with Crippen molar-refractivity contribution in [3.05, 3.63) is 58.7 Å². The van der Waals surface area contributed by atoms with Gasteiger partial charge in [-0.05, 0) is 30.2 Å². The summed E-state index contributed by atoms with van der Waals surface area (Å²) in [5.41, 5.74) is 9.62. The normalized spacial score (nSPS) is 9.83. The number of hydrogen-bond acceptors (Lipinski definition) is 4. The van der Waals surface area contributed by atoms with E-state index in [9.17, 15) is 4.79 Å². The van der Waals surface area contributed by atoms with Gasteiger partial charge in [-0.15, -0.1) is 0 Å². The van der Waals surface area contributed by atoms with Crippen molar-refractivity contribution in [2.75, 3.05) is 12.8 Å². The quantitative estimate of drug-likeness (QED) is 0.379. The van der Waals surface area contributed by atoms with E-state index in [0.29, 0.717) is 27.4 Å². The van der Waals surface area contributed by atoms with Crippen molar-refractivity contribution in [2.45, 2.75) is 13.3 Å². The second-order valence-electron chi connectivity index (χ2n) is 5.01. The maximum atomic E-state index is 11.0. The molecule has 0 heterocycles. The zero-order valence-corrected chi connectivity index (χ0v) is 16.2. The third-order valence-electron chi connectivity index (χ3n) is 3.37. The molecule has 115 valence electrons. The SMILES string of the molecule is COc1cc(CC(=O)O)c(N)c(C(=S)c2ccc(C)cc2)c1.[Na]. The molecule has 23 heavy (non-hydrogen) atoms. The summed E-state index contributed by atoms with van der Waals surface area (Å²) in [5, 5.41) is 9.00. The van der Waals surface area contributed by atoms with E-state index in [0.717, 1.165) is 11.1 Å². The van der Waals surface area contributed by atoms with Gasteiger partial charge >= 0.3 is 5.97 Å². The van der Waals surface area contributed by atoms with Crippen LogP contribution in [0.2, 0.25) is 0 Å². The molecule has 0 atom stereocenters. The number of anilines is 1. The second kappa shape index (κ2) is 8.45. The van der Waals surface area contributed by atoms with Gasteiger partial charge in [0.25, 0.3) is 0 Å². The molecule has 0 aliphatic rings. The van der Waals surface area contributed by atoms with Crippen molar-refractivity contribution in [3.8, 4) is 5.75 Å². The summed E-state index contributed by atoms with van der Waals surface area (Å²) < 4.78 is 5.23. The molecule has 0 fully saturated rings. The minimum atomic E-state index is -0.952. The molecule has 0 aliphatic heterocycles. The van der Waals surface area contributed by atoms with Gasteiger partial charge < -0.3 is 15.6 Å². The molecule has 2 aromatic rings. The van der Waals surface area contributed by atoms with Gasteiger partial charge in [-0.25, -0.2) is 0 Å². The molecule has 0 saturated carbocycles. The summed E-state index contributed by atoms with van der Waals surface area (Å²) in [5.74, 6) is -0.415. The van der Waals surface area contributed by atoms with Crippen LogP contribution in [0, 0.1) is 6.92 Å². The first-order valence-electron chi connectivity index (χ1n) is 6.72. The van der Waals surface area contributed by atoms with Gasteiger partial charge in [0.2, 0.25) is 0 Å². The molecule has 3 N–H and O–H groups in total. The fourth-order valence-corrected chi connectivity index (χ4v) is 2.46. The van der Waals surface area contributed by atoms with Crippen LogP contribution in [-0.4, -0.2) is 52.6 Å². The predicted molar refractivity (Wildman–Crippen MR) is 96.5 cm³/mol. The summed E-state index contributed by atoms with van der Waals surface area (Å²) in [4.78, 5) is 11.6. The first-order chi connectivity index (χ1) is 10.4. The average Bonchev–Trinajstić information content (AvgIpc) is 2.49. The van der Waals surface area contributed by atoms with Crippen LogP contribution in [-0.2, 0) is 11.2 Å². The molecule has 2 rings (SSSR count). The largest absolute Gasteiger partial charge is 0.497 e. The molecule has 0 unspecified atom stereocenters. The van der Waals surface area contributed by atoms with Crippen LogP contribution in [0.3, 0.4) is 0 Å². The molecule has 4 nitrogen and oxygen atoms in total. The Morgan fingerprint density at radius 1 is 1.26 bits per heavy atom. The number of carboxylic acid groups (broad SMARTS) is 1. The van der Waals surface area contributed by atoms with Crippen molar-refractivity contribution in [1.29, 1.82) is 0 Å². The number of hydrogen-bond donors (Lipinski definition) is 2. The Morgan fingerprint density at radius 2 is 1.87 bits per heavy atom. The van der Waals surface area contributed by atoms with Crippen LogP contribution >= 0.6 is 12.2 Å². The van der Waals surface area contributed by atoms with E-state index in [1.54, 1.807) is 12.1 Å². The molecule has 6 heteroatoms. The molecule has 0 saturated heterocycles. The Labute approximate surface area is 162 Å². The van der Waals surface area contributed by atoms with Crippen LogP contribution in [0.4, 0.5) is 5.69 Å². The maximum Gasteiger partial charge on any atom is 0.307 e. The van der Waals surface area contributed by atoms with Crippen LogP contribution in [0.1, 0.15) is 22.3 Å². The van der Waals surface area contributed by atoms with E-state index >= 15 is 0 Å². The van der Waals surface area contributed by atoms with Crippen molar-refractivity contribution in [2.24, 2.45) is 0 Å². The molecule has 1 radical (unpaired) electrons. The summed E-state index contributed by atoms with van der Waals surface area (Å²) in [6, 6.07) is 11.2. The minimum Gasteiger partial charge on any atom is -0.497 e. The number of ether oxygens (including phenoxy) is 1. The number of nitrogens with two attached hydrogens (primary N) is 1. The molecule has 0 aliphatic carbocycles. The van der Waals surface area contributed by atoms with Gasteiger partial charge in [0.05, 0.1) is 18.4 Å². The number of carbonyl (C=O) groups is 1. The molecular weight excluding hydrogens is 321 g/mol. The van der Waals surface area contributed by atoms with E-state index in [1.165, 1.54) is 7.11 Å². The maximum absolute atomic E-state index is 11.0. The van der Waals surface area contributed by atoms with Crippen molar-refractivity contribution < 1.29 is 14.6 Å². The zero-order chi connectivity index (χ0) is 16.3. The summed E-state index contributed by atoms with van der Waals surface area (Å²) in [6.07, 6.45) is -0.174. The van der Waals surface area contributed by atoms with Gasteiger partial charge in [-0.1, -0.05) is 42.0 Å². The number of nitrogen functional groups attached to an aromatic ring is 1. The molecule has 0 amide bonds. The van der Waals surface area contributed by atoms with E-state index in [4.69, 9.17) is 27.8 Å². The van der Waals surface area contributed by atoms with Crippen LogP contribution in [0.5, 0.6) is 5.75 Å². The summed E-state index contributed by atoms with van der Waals surface area (Å²) in [6.45, 7) is 2.00. The van der Waals surface area contributed by atoms with E-state index in [1.807, 2.05) is 31.2 Å². The predicted octanol–water partition coefficient (Wildman–Crippen LogP) is 2.60. The topological polar surface area (TPSA) is 72.5 Å². The Bertz CT molecular complexity index is 729. The minimum absolute atomic E-state index is 0. The van der Waals surface area contributed by atoms with Crippen LogP contribution in [0.25, 0.3) is 0 Å². The molecule has 0 aromatic heterocycles. The smallest absolute Gasteiger partial charge is 0.307 e. The molecule has 2 aromatic carbocycles. The molecule has 0 bridgehead atoms. The van der Waals surface area contributed by atoms with E-state index in [-0.39, 0.29) is 36.0 Å². The second-order valence-corrected chi connectivity index (χ2v) is 5.42. The number of aliphatic carboxylic acids is 1. The van der Waals surface area contributed by atoms with Crippen LogP contribution < -0.4 is 10.5 Å². The number of rotatable bonds is 5.